The van der Waals surface area contributed by atoms with Crippen molar-refractivity contribution in [2.45, 2.75) is 30.7 Å². The fraction of sp³-hybridized carbons (Fsp3) is 0.175. The van der Waals surface area contributed by atoms with E-state index in [0.717, 1.165) is 21.2 Å². The number of para-hydroxylation sites is 2. The van der Waals surface area contributed by atoms with E-state index in [1.165, 1.54) is 7.11 Å². The molecule has 4 N–H and O–H groups in total. The zero-order valence-corrected chi connectivity index (χ0v) is 30.0. The lowest BCUT2D eigenvalue weighted by atomic mass is 9.98. The molecular formula is C40H36BrN3O9. The van der Waals surface area contributed by atoms with Gasteiger partial charge in [0.2, 0.25) is 0 Å². The smallest absolute Gasteiger partial charge is 0.412 e. The zero-order chi connectivity index (χ0) is 37.2. The molecule has 0 spiro atoms. The molecule has 13 heteroatoms. The number of nitrogens with one attached hydrogen (secondary N) is 3. The van der Waals surface area contributed by atoms with Gasteiger partial charge < -0.3 is 28.8 Å². The van der Waals surface area contributed by atoms with Gasteiger partial charge in [-0.05, 0) is 47.5 Å². The number of rotatable bonds is 10. The summed E-state index contributed by atoms with van der Waals surface area (Å²) in [6.07, 6.45) is -9.97. The van der Waals surface area contributed by atoms with Crippen LogP contribution in [0.1, 0.15) is 0 Å². The number of aliphatic hydroxyl groups is 1. The summed E-state index contributed by atoms with van der Waals surface area (Å²) in [6, 6.07) is 39.9. The van der Waals surface area contributed by atoms with E-state index in [1.54, 1.807) is 48.5 Å². The molecule has 0 aromatic heterocycles. The van der Waals surface area contributed by atoms with E-state index in [-0.39, 0.29) is 0 Å². The van der Waals surface area contributed by atoms with Crippen molar-refractivity contribution < 1.29 is 43.2 Å². The minimum atomic E-state index is -1.54. The highest BCUT2D eigenvalue weighted by Crippen LogP contribution is 2.33. The molecule has 0 bridgehead atoms. The number of halogens is 1. The first kappa shape index (κ1) is 37.0. The molecule has 0 aliphatic carbocycles. The Morgan fingerprint density at radius 3 is 1.57 bits per heavy atom. The van der Waals surface area contributed by atoms with Gasteiger partial charge in [0.05, 0.1) is 18.0 Å². The van der Waals surface area contributed by atoms with Gasteiger partial charge in [0.25, 0.3) is 0 Å². The Labute approximate surface area is 314 Å². The van der Waals surface area contributed by atoms with Crippen molar-refractivity contribution in [2.24, 2.45) is 0 Å². The molecule has 5 aromatic rings. The van der Waals surface area contributed by atoms with E-state index >= 15 is 0 Å². The Morgan fingerprint density at radius 2 is 1.06 bits per heavy atom. The Morgan fingerprint density at radius 1 is 0.604 bits per heavy atom. The van der Waals surface area contributed by atoms with Gasteiger partial charge >= 0.3 is 18.3 Å². The molecule has 12 nitrogen and oxygen atoms in total. The molecule has 1 fully saturated rings. The molecule has 1 heterocycles. The maximum atomic E-state index is 13.7. The molecule has 5 atom stereocenters. The van der Waals surface area contributed by atoms with Crippen LogP contribution < -0.4 is 16.0 Å². The Hall–Kier alpha value is -5.73. The van der Waals surface area contributed by atoms with Gasteiger partial charge in [0.15, 0.2) is 24.6 Å². The van der Waals surface area contributed by atoms with Gasteiger partial charge in [-0.15, -0.1) is 0 Å². The highest BCUT2D eigenvalue weighted by atomic mass is 79.9. The molecule has 53 heavy (non-hydrogen) atoms. The molecule has 6 rings (SSSR count). The molecule has 1 aliphatic heterocycles. The van der Waals surface area contributed by atoms with Crippen LogP contribution in [0.5, 0.6) is 0 Å². The van der Waals surface area contributed by atoms with Crippen LogP contribution in [0.4, 0.5) is 31.4 Å². The SMILES string of the molecule is CO[C@H]1O[C@H](CO)[C@@H](OC(=O)Nc2ccc(Br)cc2)[C@H](OC(=O)Nc2ccccc2-c2ccccc2)[C@H]1OC(=O)Nc1ccccc1-c1ccccc1. The normalized spacial score (nSPS) is 19.3. The zero-order valence-electron chi connectivity index (χ0n) is 28.4. The number of aliphatic hydroxyl groups excluding tert-OH is 1. The van der Waals surface area contributed by atoms with Crippen LogP contribution in [0.15, 0.2) is 138 Å². The third-order valence-corrected chi connectivity index (χ3v) is 8.85. The first-order valence-corrected chi connectivity index (χ1v) is 17.4. The summed E-state index contributed by atoms with van der Waals surface area (Å²) in [5.41, 5.74) is 4.41. The highest BCUT2D eigenvalue weighted by molar-refractivity contribution is 9.10. The van der Waals surface area contributed by atoms with Crippen LogP contribution in [0.2, 0.25) is 0 Å². The number of amides is 3. The van der Waals surface area contributed by atoms with Gasteiger partial charge in [-0.2, -0.15) is 0 Å². The number of ether oxygens (including phenoxy) is 5. The highest BCUT2D eigenvalue weighted by Gasteiger charge is 2.53. The summed E-state index contributed by atoms with van der Waals surface area (Å²) >= 11 is 3.35. The average molecular weight is 783 g/mol. The Bertz CT molecular complexity index is 2000. The number of anilines is 3. The summed E-state index contributed by atoms with van der Waals surface area (Å²) in [7, 11) is 1.30. The number of hydrogen-bond donors (Lipinski definition) is 4. The molecule has 0 saturated carbocycles. The van der Waals surface area contributed by atoms with Crippen LogP contribution in [-0.4, -0.2) is 67.8 Å². The quantitative estimate of drug-likeness (QED) is 0.103. The van der Waals surface area contributed by atoms with E-state index in [4.69, 9.17) is 23.7 Å². The number of methoxy groups -OCH3 is 1. The lowest BCUT2D eigenvalue weighted by molar-refractivity contribution is -0.290. The summed E-state index contributed by atoms with van der Waals surface area (Å²) in [5, 5.41) is 18.5. The predicted molar refractivity (Wildman–Crippen MR) is 202 cm³/mol. The van der Waals surface area contributed by atoms with Crippen LogP contribution in [0.25, 0.3) is 22.3 Å². The maximum Gasteiger partial charge on any atom is 0.412 e. The summed E-state index contributed by atoms with van der Waals surface area (Å²) in [4.78, 5) is 40.6. The molecule has 1 aliphatic rings. The van der Waals surface area contributed by atoms with Gasteiger partial charge in [-0.25, -0.2) is 14.4 Å². The second-order valence-corrected chi connectivity index (χ2v) is 12.7. The van der Waals surface area contributed by atoms with Crippen molar-refractivity contribution in [3.63, 3.8) is 0 Å². The van der Waals surface area contributed by atoms with Crippen LogP contribution in [0.3, 0.4) is 0 Å². The van der Waals surface area contributed by atoms with Gasteiger partial charge in [0.1, 0.15) is 6.10 Å². The summed E-state index contributed by atoms with van der Waals surface area (Å²) < 4.78 is 29.9. The lowest BCUT2D eigenvalue weighted by Crippen LogP contribution is -2.63. The Balaban J connectivity index is 1.29. The maximum absolute atomic E-state index is 13.7. The number of hydrogen-bond acceptors (Lipinski definition) is 9. The first-order valence-electron chi connectivity index (χ1n) is 16.6. The second-order valence-electron chi connectivity index (χ2n) is 11.8. The fourth-order valence-electron chi connectivity index (χ4n) is 5.87. The molecular weight excluding hydrogens is 746 g/mol. The first-order chi connectivity index (χ1) is 25.8. The molecule has 5 aromatic carbocycles. The molecule has 0 radical (unpaired) electrons. The lowest BCUT2D eigenvalue weighted by Gasteiger charge is -2.43. The molecule has 1 saturated heterocycles. The monoisotopic (exact) mass is 781 g/mol. The van der Waals surface area contributed by atoms with Crippen molar-refractivity contribution in [3.05, 3.63) is 138 Å². The van der Waals surface area contributed by atoms with Gasteiger partial charge in [-0.3, -0.25) is 16.0 Å². The van der Waals surface area contributed by atoms with Crippen molar-refractivity contribution in [2.75, 3.05) is 29.7 Å². The molecule has 0 unspecified atom stereocenters. The van der Waals surface area contributed by atoms with Crippen LogP contribution in [-0.2, 0) is 23.7 Å². The molecule has 3 amide bonds. The number of benzene rings is 5. The predicted octanol–water partition coefficient (Wildman–Crippen LogP) is 8.30. The fourth-order valence-corrected chi connectivity index (χ4v) is 6.13. The van der Waals surface area contributed by atoms with Crippen molar-refractivity contribution in [1.82, 2.24) is 0 Å². The average Bonchev–Trinajstić information content (AvgIpc) is 3.18. The van der Waals surface area contributed by atoms with E-state index in [1.807, 2.05) is 84.9 Å². The van der Waals surface area contributed by atoms with Gasteiger partial charge in [0, 0.05) is 28.4 Å². The van der Waals surface area contributed by atoms with Crippen LogP contribution >= 0.6 is 15.9 Å². The van der Waals surface area contributed by atoms with Crippen LogP contribution in [0, 0.1) is 0 Å². The second kappa shape index (κ2) is 17.7. The number of carbonyl (C=O) groups is 3. The Kier molecular flexibility index (Phi) is 12.3. The van der Waals surface area contributed by atoms with Crippen molar-refractivity contribution >= 4 is 51.3 Å². The number of carbonyl (C=O) groups excluding carboxylic acids is 3. The van der Waals surface area contributed by atoms with Crippen molar-refractivity contribution in [1.29, 1.82) is 0 Å². The minimum Gasteiger partial charge on any atom is -0.439 e. The largest absolute Gasteiger partial charge is 0.439 e. The third-order valence-electron chi connectivity index (χ3n) is 8.32. The van der Waals surface area contributed by atoms with E-state index in [9.17, 15) is 19.5 Å². The topological polar surface area (TPSA) is 154 Å². The summed E-state index contributed by atoms with van der Waals surface area (Å²) in [5.74, 6) is 0. The van der Waals surface area contributed by atoms with E-state index in [0.29, 0.717) is 22.6 Å². The third kappa shape index (κ3) is 9.39. The molecule has 272 valence electrons. The van der Waals surface area contributed by atoms with E-state index < -0.39 is 55.6 Å². The summed E-state index contributed by atoms with van der Waals surface area (Å²) in [6.45, 7) is -0.669. The minimum absolute atomic E-state index is 0.405. The standard InChI is InChI=1S/C40H36BrN3O9/c1-49-37-36(53-40(48)44-32-19-11-9-17-30(32)26-14-6-3-7-15-26)35(34(33(24-45)50-37)51-38(46)42-28-22-20-27(41)21-23-28)52-39(47)43-31-18-10-8-16-29(31)25-12-4-2-5-13-25/h2-23,33-37,45H,24H2,1H3,(H,42,46)(H,43,47)(H,44,48)/t33-,34-,35+,36-,37+/m1/s1. The van der Waals surface area contributed by atoms with Crippen molar-refractivity contribution in [3.8, 4) is 22.3 Å². The van der Waals surface area contributed by atoms with Gasteiger partial charge in [-0.1, -0.05) is 113 Å². The van der Waals surface area contributed by atoms with E-state index in [2.05, 4.69) is 31.9 Å².